The molecule has 1 aromatic carbocycles. The Balaban J connectivity index is 2.02. The minimum Gasteiger partial charge on any atom is -0.544 e. The number of benzene rings is 1. The second kappa shape index (κ2) is 7.30. The maximum atomic E-state index is 10.6. The van der Waals surface area contributed by atoms with Crippen molar-refractivity contribution in [3.8, 4) is 6.07 Å². The largest absolute Gasteiger partial charge is 0.544 e. The van der Waals surface area contributed by atoms with E-state index in [-0.39, 0.29) is 5.57 Å². The standard InChI is InChI=1S/C17H18N2O2/c18-13-15(17(20)21)6-4-5-14-7-9-16(10-8-14)19-11-2-1-3-12-19/h4-10H,1-3,11-12H2,(H,20,21)/p-1/b5-4+,15-6+. The molecule has 108 valence electrons. The molecular formula is C17H17N2O2-. The van der Waals surface area contributed by atoms with Crippen molar-refractivity contribution in [3.05, 3.63) is 47.6 Å². The average molecular weight is 281 g/mol. The number of nitriles is 1. The molecule has 0 atom stereocenters. The highest BCUT2D eigenvalue weighted by Gasteiger charge is 2.09. The number of nitrogens with zero attached hydrogens (tertiary/aromatic N) is 2. The van der Waals surface area contributed by atoms with Gasteiger partial charge in [-0.15, -0.1) is 0 Å². The van der Waals surface area contributed by atoms with Crippen LogP contribution in [0.3, 0.4) is 0 Å². The Kier molecular flexibility index (Phi) is 5.16. The number of piperidine rings is 1. The zero-order chi connectivity index (χ0) is 15.1. The molecule has 0 amide bonds. The zero-order valence-electron chi connectivity index (χ0n) is 11.8. The first-order valence-electron chi connectivity index (χ1n) is 7.05. The van der Waals surface area contributed by atoms with Crippen molar-refractivity contribution >= 4 is 17.7 Å². The molecule has 0 spiro atoms. The average Bonchev–Trinajstić information content (AvgIpc) is 2.53. The van der Waals surface area contributed by atoms with Gasteiger partial charge in [-0.25, -0.2) is 0 Å². The Bertz CT molecular complexity index is 588. The predicted octanol–water partition coefficient (Wildman–Crippen LogP) is 1.89. The van der Waals surface area contributed by atoms with Gasteiger partial charge in [0.25, 0.3) is 0 Å². The summed E-state index contributed by atoms with van der Waals surface area (Å²) in [5.74, 6) is -1.46. The van der Waals surface area contributed by atoms with E-state index in [1.165, 1.54) is 31.0 Å². The van der Waals surface area contributed by atoms with Crippen molar-refractivity contribution in [2.24, 2.45) is 0 Å². The van der Waals surface area contributed by atoms with E-state index in [2.05, 4.69) is 17.0 Å². The fourth-order valence-corrected chi connectivity index (χ4v) is 2.35. The third kappa shape index (κ3) is 4.22. The number of carbonyl (C=O) groups is 1. The van der Waals surface area contributed by atoms with Gasteiger partial charge in [0.15, 0.2) is 0 Å². The molecule has 1 aliphatic heterocycles. The van der Waals surface area contributed by atoms with Crippen LogP contribution >= 0.6 is 0 Å². The Morgan fingerprint density at radius 2 is 1.86 bits per heavy atom. The lowest BCUT2D eigenvalue weighted by molar-refractivity contribution is -0.298. The number of carboxylic acid groups (broad SMARTS) is 1. The summed E-state index contributed by atoms with van der Waals surface area (Å²) in [6.45, 7) is 2.21. The van der Waals surface area contributed by atoms with E-state index in [1.807, 2.05) is 12.1 Å². The molecule has 1 aromatic rings. The summed E-state index contributed by atoms with van der Waals surface area (Å²) < 4.78 is 0. The Morgan fingerprint density at radius 3 is 2.43 bits per heavy atom. The summed E-state index contributed by atoms with van der Waals surface area (Å²) in [5.41, 5.74) is 1.80. The highest BCUT2D eigenvalue weighted by atomic mass is 16.4. The van der Waals surface area contributed by atoms with Crippen molar-refractivity contribution in [1.29, 1.82) is 5.26 Å². The molecule has 0 aromatic heterocycles. The fraction of sp³-hybridized carbons (Fsp3) is 0.294. The second-order valence-corrected chi connectivity index (χ2v) is 4.98. The van der Waals surface area contributed by atoms with Crippen molar-refractivity contribution in [1.82, 2.24) is 0 Å². The highest BCUT2D eigenvalue weighted by Crippen LogP contribution is 2.20. The normalized spacial score (nSPS) is 16.0. The zero-order valence-corrected chi connectivity index (χ0v) is 11.8. The van der Waals surface area contributed by atoms with Crippen LogP contribution in [0, 0.1) is 11.3 Å². The van der Waals surface area contributed by atoms with Crippen LogP contribution in [0.1, 0.15) is 24.8 Å². The summed E-state index contributed by atoms with van der Waals surface area (Å²) in [7, 11) is 0. The van der Waals surface area contributed by atoms with Crippen LogP contribution in [0.5, 0.6) is 0 Å². The van der Waals surface area contributed by atoms with E-state index in [9.17, 15) is 9.90 Å². The molecule has 1 saturated heterocycles. The smallest absolute Gasteiger partial charge is 0.101 e. The lowest BCUT2D eigenvalue weighted by Crippen LogP contribution is -2.29. The van der Waals surface area contributed by atoms with Crippen molar-refractivity contribution < 1.29 is 9.90 Å². The lowest BCUT2D eigenvalue weighted by Gasteiger charge is -2.28. The molecule has 0 bridgehead atoms. The molecule has 4 heteroatoms. The van der Waals surface area contributed by atoms with Gasteiger partial charge in [0.1, 0.15) is 6.07 Å². The minimum absolute atomic E-state index is 0.379. The fourth-order valence-electron chi connectivity index (χ4n) is 2.35. The molecule has 0 radical (unpaired) electrons. The summed E-state index contributed by atoms with van der Waals surface area (Å²) >= 11 is 0. The predicted molar refractivity (Wildman–Crippen MR) is 80.2 cm³/mol. The first kappa shape index (κ1) is 14.9. The van der Waals surface area contributed by atoms with Gasteiger partial charge in [-0.05, 0) is 43.0 Å². The highest BCUT2D eigenvalue weighted by molar-refractivity contribution is 5.89. The van der Waals surface area contributed by atoms with Gasteiger partial charge in [-0.2, -0.15) is 5.26 Å². The van der Waals surface area contributed by atoms with Crippen LogP contribution < -0.4 is 10.0 Å². The van der Waals surface area contributed by atoms with Crippen LogP contribution in [-0.2, 0) is 4.79 Å². The first-order chi connectivity index (χ1) is 10.2. The molecule has 2 rings (SSSR count). The molecule has 1 fully saturated rings. The van der Waals surface area contributed by atoms with Crippen LogP contribution in [0.15, 0.2) is 42.0 Å². The van der Waals surface area contributed by atoms with Crippen molar-refractivity contribution in [2.45, 2.75) is 19.3 Å². The number of aliphatic carboxylic acids is 1. The molecule has 4 nitrogen and oxygen atoms in total. The number of anilines is 1. The molecule has 1 heterocycles. The monoisotopic (exact) mass is 281 g/mol. The lowest BCUT2D eigenvalue weighted by atomic mass is 10.1. The summed E-state index contributed by atoms with van der Waals surface area (Å²) in [5, 5.41) is 19.1. The van der Waals surface area contributed by atoms with E-state index in [0.29, 0.717) is 0 Å². The molecule has 1 aliphatic rings. The quantitative estimate of drug-likeness (QED) is 0.480. The van der Waals surface area contributed by atoms with E-state index in [1.54, 1.807) is 18.2 Å². The van der Waals surface area contributed by atoms with Crippen molar-refractivity contribution in [3.63, 3.8) is 0 Å². The third-order valence-corrected chi connectivity index (χ3v) is 3.51. The molecule has 0 N–H and O–H groups in total. The SMILES string of the molecule is N#C/C(=C\C=C\c1ccc(N2CCCCC2)cc1)C(=O)[O-]. The molecular weight excluding hydrogens is 264 g/mol. The van der Waals surface area contributed by atoms with Gasteiger partial charge in [-0.1, -0.05) is 24.3 Å². The third-order valence-electron chi connectivity index (χ3n) is 3.51. The number of rotatable bonds is 4. The van der Waals surface area contributed by atoms with Crippen LogP contribution in [0.25, 0.3) is 6.08 Å². The number of hydrogen-bond acceptors (Lipinski definition) is 4. The molecule has 0 saturated carbocycles. The van der Waals surface area contributed by atoms with Gasteiger partial charge in [0, 0.05) is 18.8 Å². The molecule has 0 unspecified atom stereocenters. The van der Waals surface area contributed by atoms with Gasteiger partial charge >= 0.3 is 0 Å². The summed E-state index contributed by atoms with van der Waals surface area (Å²) in [6.07, 6.45) is 8.35. The van der Waals surface area contributed by atoms with E-state index in [4.69, 9.17) is 5.26 Å². The van der Waals surface area contributed by atoms with E-state index < -0.39 is 5.97 Å². The Morgan fingerprint density at radius 1 is 1.19 bits per heavy atom. The number of carboxylic acids is 1. The van der Waals surface area contributed by atoms with Crippen LogP contribution in [0.4, 0.5) is 5.69 Å². The number of hydrogen-bond donors (Lipinski definition) is 0. The summed E-state index contributed by atoms with van der Waals surface area (Å²) in [6, 6.07) is 9.69. The van der Waals surface area contributed by atoms with Gasteiger partial charge in [-0.3, -0.25) is 0 Å². The topological polar surface area (TPSA) is 67.2 Å². The maximum absolute atomic E-state index is 10.6. The molecule has 0 aliphatic carbocycles. The van der Waals surface area contributed by atoms with Gasteiger partial charge < -0.3 is 14.8 Å². The first-order valence-corrected chi connectivity index (χ1v) is 7.05. The summed E-state index contributed by atoms with van der Waals surface area (Å²) in [4.78, 5) is 12.9. The van der Waals surface area contributed by atoms with E-state index >= 15 is 0 Å². The number of allylic oxidation sites excluding steroid dienone is 2. The van der Waals surface area contributed by atoms with Gasteiger partial charge in [0.05, 0.1) is 11.5 Å². The Hall–Kier alpha value is -2.54. The maximum Gasteiger partial charge on any atom is 0.101 e. The minimum atomic E-state index is -1.46. The number of carbonyl (C=O) groups excluding carboxylic acids is 1. The Labute approximate surface area is 124 Å². The van der Waals surface area contributed by atoms with Gasteiger partial charge in [0.2, 0.25) is 0 Å². The van der Waals surface area contributed by atoms with E-state index in [0.717, 1.165) is 18.7 Å². The second-order valence-electron chi connectivity index (χ2n) is 4.98. The van der Waals surface area contributed by atoms with Crippen LogP contribution in [0.2, 0.25) is 0 Å². The van der Waals surface area contributed by atoms with Crippen molar-refractivity contribution in [2.75, 3.05) is 18.0 Å². The molecule has 21 heavy (non-hydrogen) atoms. The van der Waals surface area contributed by atoms with Crippen LogP contribution in [-0.4, -0.2) is 19.1 Å².